The van der Waals surface area contributed by atoms with Gasteiger partial charge in [0.2, 0.25) is 0 Å². The fraction of sp³-hybridized carbons (Fsp3) is 1.00. The zero-order valence-electron chi connectivity index (χ0n) is 8.34. The van der Waals surface area contributed by atoms with Crippen LogP contribution in [0.4, 0.5) is 0 Å². The van der Waals surface area contributed by atoms with Crippen molar-refractivity contribution in [2.45, 2.75) is 25.9 Å². The number of hydrogen-bond donors (Lipinski definition) is 1. The molecule has 0 aromatic rings. The van der Waals surface area contributed by atoms with Crippen molar-refractivity contribution in [1.29, 1.82) is 0 Å². The van der Waals surface area contributed by atoms with Crippen molar-refractivity contribution >= 4 is 0 Å². The minimum absolute atomic E-state index is 0.498. The van der Waals surface area contributed by atoms with Crippen LogP contribution in [0.5, 0.6) is 0 Å². The van der Waals surface area contributed by atoms with Crippen molar-refractivity contribution in [2.75, 3.05) is 33.4 Å². The Bertz CT molecular complexity index is 128. The number of likely N-dealkylation sites (N-methyl/N-ethyl adjacent to an activating group) is 1. The van der Waals surface area contributed by atoms with Gasteiger partial charge in [0.25, 0.3) is 0 Å². The summed E-state index contributed by atoms with van der Waals surface area (Å²) < 4.78 is 5.47. The summed E-state index contributed by atoms with van der Waals surface area (Å²) in [5, 5.41) is 3.49. The third-order valence-electron chi connectivity index (χ3n) is 2.04. The summed E-state index contributed by atoms with van der Waals surface area (Å²) >= 11 is 0. The predicted octanol–water partition coefficient (Wildman–Crippen LogP) is 0.315. The molecule has 1 N–H and O–H groups in total. The second-order valence-electron chi connectivity index (χ2n) is 3.86. The molecule has 0 aliphatic carbocycles. The Morgan fingerprint density at radius 3 is 2.92 bits per heavy atom. The second-order valence-corrected chi connectivity index (χ2v) is 3.86. The number of rotatable bonds is 2. The highest BCUT2D eigenvalue weighted by atomic mass is 16.5. The average molecular weight is 172 g/mol. The molecular formula is C9H20N2O. The molecular weight excluding hydrogens is 152 g/mol. The summed E-state index contributed by atoms with van der Waals surface area (Å²) in [4.78, 5) is 2.31. The topological polar surface area (TPSA) is 24.5 Å². The highest BCUT2D eigenvalue weighted by molar-refractivity contribution is 4.74. The molecule has 0 amide bonds. The molecule has 0 saturated carbocycles. The van der Waals surface area contributed by atoms with Crippen LogP contribution >= 0.6 is 0 Å². The van der Waals surface area contributed by atoms with Crippen molar-refractivity contribution in [2.24, 2.45) is 0 Å². The van der Waals surface area contributed by atoms with Gasteiger partial charge in [0.1, 0.15) is 0 Å². The van der Waals surface area contributed by atoms with Crippen molar-refractivity contribution in [1.82, 2.24) is 10.2 Å². The molecule has 3 nitrogen and oxygen atoms in total. The van der Waals surface area contributed by atoms with Gasteiger partial charge < -0.3 is 15.0 Å². The summed E-state index contributed by atoms with van der Waals surface area (Å²) in [6.45, 7) is 8.21. The van der Waals surface area contributed by atoms with E-state index in [9.17, 15) is 0 Å². The van der Waals surface area contributed by atoms with E-state index in [1.807, 2.05) is 0 Å². The zero-order chi connectivity index (χ0) is 8.97. The van der Waals surface area contributed by atoms with Gasteiger partial charge in [-0.25, -0.2) is 0 Å². The lowest BCUT2D eigenvalue weighted by atomic mass is 10.2. The molecule has 0 radical (unpaired) electrons. The van der Waals surface area contributed by atoms with E-state index < -0.39 is 0 Å². The fourth-order valence-electron chi connectivity index (χ4n) is 1.54. The molecule has 1 rings (SSSR count). The quantitative estimate of drug-likeness (QED) is 0.649. The number of hydrogen-bond acceptors (Lipinski definition) is 3. The lowest BCUT2D eigenvalue weighted by Gasteiger charge is -2.22. The maximum absolute atomic E-state index is 5.47. The first-order valence-corrected chi connectivity index (χ1v) is 4.71. The van der Waals surface area contributed by atoms with Crippen LogP contribution in [0.25, 0.3) is 0 Å². The molecule has 0 aromatic heterocycles. The van der Waals surface area contributed by atoms with Gasteiger partial charge in [0.05, 0.1) is 13.2 Å². The molecule has 12 heavy (non-hydrogen) atoms. The van der Waals surface area contributed by atoms with Crippen LogP contribution in [0.2, 0.25) is 0 Å². The van der Waals surface area contributed by atoms with Gasteiger partial charge in [-0.3, -0.25) is 0 Å². The van der Waals surface area contributed by atoms with Crippen LogP contribution in [0.15, 0.2) is 0 Å². The van der Waals surface area contributed by atoms with Gasteiger partial charge in [-0.15, -0.1) is 0 Å². The Kier molecular flexibility index (Phi) is 3.98. The third-order valence-corrected chi connectivity index (χ3v) is 2.04. The van der Waals surface area contributed by atoms with E-state index >= 15 is 0 Å². The Morgan fingerprint density at radius 2 is 2.25 bits per heavy atom. The van der Waals surface area contributed by atoms with Crippen LogP contribution in [0, 0.1) is 0 Å². The van der Waals surface area contributed by atoms with Crippen LogP contribution in [0.3, 0.4) is 0 Å². The largest absolute Gasteiger partial charge is 0.378 e. The molecule has 1 fully saturated rings. The smallest absolute Gasteiger partial charge is 0.0632 e. The van der Waals surface area contributed by atoms with Crippen LogP contribution in [-0.4, -0.2) is 50.3 Å². The van der Waals surface area contributed by atoms with E-state index in [-0.39, 0.29) is 0 Å². The van der Waals surface area contributed by atoms with Gasteiger partial charge in [-0.05, 0) is 7.05 Å². The highest BCUT2D eigenvalue weighted by Crippen LogP contribution is 1.98. The van der Waals surface area contributed by atoms with E-state index in [0.29, 0.717) is 12.1 Å². The van der Waals surface area contributed by atoms with E-state index in [4.69, 9.17) is 4.74 Å². The summed E-state index contributed by atoms with van der Waals surface area (Å²) in [6.07, 6.45) is 0. The normalized spacial score (nSPS) is 27.5. The van der Waals surface area contributed by atoms with Gasteiger partial charge >= 0.3 is 0 Å². The lowest BCUT2D eigenvalue weighted by Crippen LogP contribution is -2.43. The number of nitrogens with zero attached hydrogens (tertiary/aromatic N) is 1. The Balaban J connectivity index is 2.31. The van der Waals surface area contributed by atoms with Crippen molar-refractivity contribution in [3.8, 4) is 0 Å². The molecule has 1 atom stereocenters. The number of ether oxygens (including phenoxy) is 1. The van der Waals surface area contributed by atoms with Crippen molar-refractivity contribution in [3.63, 3.8) is 0 Å². The Hall–Kier alpha value is -0.120. The fourth-order valence-corrected chi connectivity index (χ4v) is 1.54. The standard InChI is InChI=1S/C9H20N2O/c1-8(2)10-9-6-11(3)4-5-12-7-9/h8-10H,4-7H2,1-3H3. The van der Waals surface area contributed by atoms with E-state index in [2.05, 4.69) is 31.1 Å². The minimum atomic E-state index is 0.498. The first kappa shape index (κ1) is 9.96. The Morgan fingerprint density at radius 1 is 1.50 bits per heavy atom. The second kappa shape index (κ2) is 4.80. The third kappa shape index (κ3) is 3.52. The monoisotopic (exact) mass is 172 g/mol. The maximum Gasteiger partial charge on any atom is 0.0632 e. The summed E-state index contributed by atoms with van der Waals surface area (Å²) in [5.74, 6) is 0. The highest BCUT2D eigenvalue weighted by Gasteiger charge is 2.15. The molecule has 0 spiro atoms. The summed E-state index contributed by atoms with van der Waals surface area (Å²) in [7, 11) is 2.14. The van der Waals surface area contributed by atoms with E-state index in [1.165, 1.54) is 0 Å². The zero-order valence-corrected chi connectivity index (χ0v) is 8.34. The van der Waals surface area contributed by atoms with Crippen molar-refractivity contribution < 1.29 is 4.74 Å². The molecule has 72 valence electrons. The molecule has 1 aliphatic rings. The average Bonchev–Trinajstić information content (AvgIpc) is 2.12. The van der Waals surface area contributed by atoms with Gasteiger partial charge in [0, 0.05) is 25.2 Å². The molecule has 0 bridgehead atoms. The maximum atomic E-state index is 5.47. The molecule has 1 heterocycles. The molecule has 0 aromatic carbocycles. The predicted molar refractivity (Wildman–Crippen MR) is 50.4 cm³/mol. The molecule has 1 aliphatic heterocycles. The van der Waals surface area contributed by atoms with Gasteiger partial charge in [-0.1, -0.05) is 13.8 Å². The lowest BCUT2D eigenvalue weighted by molar-refractivity contribution is 0.129. The van der Waals surface area contributed by atoms with E-state index in [0.717, 1.165) is 26.3 Å². The van der Waals surface area contributed by atoms with Gasteiger partial charge in [-0.2, -0.15) is 0 Å². The number of nitrogens with one attached hydrogen (secondary N) is 1. The van der Waals surface area contributed by atoms with Gasteiger partial charge in [0.15, 0.2) is 0 Å². The van der Waals surface area contributed by atoms with Crippen LogP contribution in [0.1, 0.15) is 13.8 Å². The first-order valence-electron chi connectivity index (χ1n) is 4.71. The van der Waals surface area contributed by atoms with Crippen LogP contribution in [-0.2, 0) is 4.74 Å². The summed E-state index contributed by atoms with van der Waals surface area (Å²) in [6, 6.07) is 1.04. The van der Waals surface area contributed by atoms with Crippen molar-refractivity contribution in [3.05, 3.63) is 0 Å². The molecule has 3 heteroatoms. The first-order chi connectivity index (χ1) is 5.68. The Labute approximate surface area is 75.1 Å². The minimum Gasteiger partial charge on any atom is -0.378 e. The summed E-state index contributed by atoms with van der Waals surface area (Å²) in [5.41, 5.74) is 0. The van der Waals surface area contributed by atoms with E-state index in [1.54, 1.807) is 0 Å². The van der Waals surface area contributed by atoms with Crippen LogP contribution < -0.4 is 5.32 Å². The SMILES string of the molecule is CC(C)NC1COCCN(C)C1. The molecule has 1 unspecified atom stereocenters. The molecule has 1 saturated heterocycles.